The number of nitrogens with zero attached hydrogens (tertiary/aromatic N) is 1. The van der Waals surface area contributed by atoms with Crippen LogP contribution in [0.15, 0.2) is 18.2 Å². The Kier molecular flexibility index (Phi) is 7.09. The molecule has 0 aliphatic carbocycles. The third-order valence-corrected chi connectivity index (χ3v) is 3.14. The first-order chi connectivity index (χ1) is 9.52. The lowest BCUT2D eigenvalue weighted by Crippen LogP contribution is -2.29. The Labute approximate surface area is 121 Å². The monoisotopic (exact) mass is 279 g/mol. The molecule has 112 valence electrons. The standard InChI is InChI=1S/C16H25NO3/c1-5-19-16(18)12-17(4)9-6-10-20-15-8-7-13(2)14(3)11-15/h7-8,11H,5-6,9-10,12H2,1-4H3. The lowest BCUT2D eigenvalue weighted by atomic mass is 10.1. The maximum absolute atomic E-state index is 11.3. The zero-order chi connectivity index (χ0) is 15.0. The van der Waals surface area contributed by atoms with E-state index in [1.165, 1.54) is 11.1 Å². The highest BCUT2D eigenvalue weighted by Gasteiger charge is 2.06. The molecule has 0 saturated heterocycles. The number of likely N-dealkylation sites (N-methyl/N-ethyl adjacent to an activating group) is 1. The fourth-order valence-corrected chi connectivity index (χ4v) is 1.83. The fraction of sp³-hybridized carbons (Fsp3) is 0.562. The van der Waals surface area contributed by atoms with Gasteiger partial charge in [-0.25, -0.2) is 0 Å². The zero-order valence-corrected chi connectivity index (χ0v) is 12.9. The molecule has 1 aromatic rings. The first-order valence-corrected chi connectivity index (χ1v) is 7.07. The number of aryl methyl sites for hydroxylation is 2. The van der Waals surface area contributed by atoms with E-state index in [1.54, 1.807) is 0 Å². The van der Waals surface area contributed by atoms with E-state index in [1.807, 2.05) is 24.9 Å². The lowest BCUT2D eigenvalue weighted by molar-refractivity contribution is -0.144. The number of carbonyl (C=O) groups is 1. The van der Waals surface area contributed by atoms with Gasteiger partial charge in [-0.1, -0.05) is 6.07 Å². The molecule has 4 nitrogen and oxygen atoms in total. The summed E-state index contributed by atoms with van der Waals surface area (Å²) in [6.45, 7) is 8.20. The third kappa shape index (κ3) is 6.06. The van der Waals surface area contributed by atoms with Crippen LogP contribution in [0.25, 0.3) is 0 Å². The number of ether oxygens (including phenoxy) is 2. The molecule has 0 amide bonds. The van der Waals surface area contributed by atoms with Crippen LogP contribution in [-0.4, -0.2) is 44.2 Å². The van der Waals surface area contributed by atoms with Gasteiger partial charge in [0.05, 0.1) is 19.8 Å². The van der Waals surface area contributed by atoms with Gasteiger partial charge in [0, 0.05) is 6.54 Å². The molecule has 0 atom stereocenters. The molecule has 0 fully saturated rings. The van der Waals surface area contributed by atoms with Gasteiger partial charge in [-0.15, -0.1) is 0 Å². The summed E-state index contributed by atoms with van der Waals surface area (Å²) in [5, 5.41) is 0. The van der Waals surface area contributed by atoms with Crippen LogP contribution in [-0.2, 0) is 9.53 Å². The summed E-state index contributed by atoms with van der Waals surface area (Å²) in [7, 11) is 1.91. The van der Waals surface area contributed by atoms with Gasteiger partial charge in [-0.2, -0.15) is 0 Å². The number of hydrogen-bond acceptors (Lipinski definition) is 4. The highest BCUT2D eigenvalue weighted by molar-refractivity contribution is 5.71. The Morgan fingerprint density at radius 3 is 2.65 bits per heavy atom. The third-order valence-electron chi connectivity index (χ3n) is 3.14. The van der Waals surface area contributed by atoms with Crippen molar-refractivity contribution in [2.24, 2.45) is 0 Å². The first kappa shape index (κ1) is 16.5. The van der Waals surface area contributed by atoms with Crippen LogP contribution in [0, 0.1) is 13.8 Å². The van der Waals surface area contributed by atoms with Crippen molar-refractivity contribution in [2.45, 2.75) is 27.2 Å². The van der Waals surface area contributed by atoms with Crippen LogP contribution >= 0.6 is 0 Å². The summed E-state index contributed by atoms with van der Waals surface area (Å²) < 4.78 is 10.6. The summed E-state index contributed by atoms with van der Waals surface area (Å²) >= 11 is 0. The van der Waals surface area contributed by atoms with Crippen molar-refractivity contribution in [2.75, 3.05) is 33.4 Å². The Bertz CT molecular complexity index is 432. The number of benzene rings is 1. The zero-order valence-electron chi connectivity index (χ0n) is 12.9. The van der Waals surface area contributed by atoms with Crippen LogP contribution in [0.3, 0.4) is 0 Å². The second-order valence-corrected chi connectivity index (χ2v) is 4.99. The maximum Gasteiger partial charge on any atom is 0.320 e. The van der Waals surface area contributed by atoms with E-state index < -0.39 is 0 Å². The highest BCUT2D eigenvalue weighted by atomic mass is 16.5. The van der Waals surface area contributed by atoms with E-state index in [9.17, 15) is 4.79 Å². The summed E-state index contributed by atoms with van der Waals surface area (Å²) in [4.78, 5) is 13.2. The quantitative estimate of drug-likeness (QED) is 0.541. The van der Waals surface area contributed by atoms with E-state index in [0.717, 1.165) is 18.7 Å². The number of carbonyl (C=O) groups excluding carboxylic acids is 1. The molecule has 0 N–H and O–H groups in total. The summed E-state index contributed by atoms with van der Waals surface area (Å²) in [5.41, 5.74) is 2.51. The average Bonchev–Trinajstić information content (AvgIpc) is 2.39. The van der Waals surface area contributed by atoms with Crippen molar-refractivity contribution >= 4 is 5.97 Å². The van der Waals surface area contributed by atoms with Crippen molar-refractivity contribution in [1.82, 2.24) is 4.90 Å². The van der Waals surface area contributed by atoms with Gasteiger partial charge >= 0.3 is 5.97 Å². The van der Waals surface area contributed by atoms with Gasteiger partial charge < -0.3 is 9.47 Å². The molecule has 0 heterocycles. The van der Waals surface area contributed by atoms with Crippen molar-refractivity contribution in [3.63, 3.8) is 0 Å². The average molecular weight is 279 g/mol. The molecular weight excluding hydrogens is 254 g/mol. The molecule has 0 aliphatic heterocycles. The molecule has 1 rings (SSSR count). The van der Waals surface area contributed by atoms with Gasteiger partial charge in [0.15, 0.2) is 0 Å². The minimum Gasteiger partial charge on any atom is -0.494 e. The van der Waals surface area contributed by atoms with E-state index >= 15 is 0 Å². The normalized spacial score (nSPS) is 10.7. The van der Waals surface area contributed by atoms with E-state index in [2.05, 4.69) is 26.0 Å². The van der Waals surface area contributed by atoms with Gasteiger partial charge in [0.1, 0.15) is 5.75 Å². The van der Waals surface area contributed by atoms with Crippen molar-refractivity contribution in [1.29, 1.82) is 0 Å². The van der Waals surface area contributed by atoms with Crippen LogP contribution < -0.4 is 4.74 Å². The van der Waals surface area contributed by atoms with E-state index in [0.29, 0.717) is 19.8 Å². The Balaban J connectivity index is 2.21. The Morgan fingerprint density at radius 1 is 1.25 bits per heavy atom. The number of rotatable bonds is 8. The smallest absolute Gasteiger partial charge is 0.320 e. The number of esters is 1. The van der Waals surface area contributed by atoms with Crippen molar-refractivity contribution in [3.8, 4) is 5.75 Å². The minimum absolute atomic E-state index is 0.176. The van der Waals surface area contributed by atoms with Crippen LogP contribution in [0.4, 0.5) is 0 Å². The van der Waals surface area contributed by atoms with Gasteiger partial charge in [0.2, 0.25) is 0 Å². The Hall–Kier alpha value is -1.55. The SMILES string of the molecule is CCOC(=O)CN(C)CCCOc1ccc(C)c(C)c1. The molecule has 0 saturated carbocycles. The van der Waals surface area contributed by atoms with Crippen molar-refractivity contribution < 1.29 is 14.3 Å². The molecule has 0 radical (unpaired) electrons. The molecule has 1 aromatic carbocycles. The molecule has 0 aromatic heterocycles. The summed E-state index contributed by atoms with van der Waals surface area (Å²) in [6, 6.07) is 6.11. The molecule has 0 bridgehead atoms. The lowest BCUT2D eigenvalue weighted by Gasteiger charge is -2.15. The Morgan fingerprint density at radius 2 is 2.00 bits per heavy atom. The van der Waals surface area contributed by atoms with Gasteiger partial charge in [0.25, 0.3) is 0 Å². The second kappa shape index (κ2) is 8.59. The van der Waals surface area contributed by atoms with E-state index in [4.69, 9.17) is 9.47 Å². The molecule has 0 unspecified atom stereocenters. The highest BCUT2D eigenvalue weighted by Crippen LogP contribution is 2.16. The molecule has 0 aliphatic rings. The minimum atomic E-state index is -0.176. The second-order valence-electron chi connectivity index (χ2n) is 4.99. The fourth-order valence-electron chi connectivity index (χ4n) is 1.83. The molecular formula is C16H25NO3. The predicted octanol–water partition coefficient (Wildman–Crippen LogP) is 2.57. The van der Waals surface area contributed by atoms with Gasteiger partial charge in [-0.05, 0) is 57.5 Å². The topological polar surface area (TPSA) is 38.8 Å². The first-order valence-electron chi connectivity index (χ1n) is 7.07. The number of hydrogen-bond donors (Lipinski definition) is 0. The van der Waals surface area contributed by atoms with Gasteiger partial charge in [-0.3, -0.25) is 9.69 Å². The van der Waals surface area contributed by atoms with Crippen LogP contribution in [0.5, 0.6) is 5.75 Å². The molecule has 4 heteroatoms. The largest absolute Gasteiger partial charge is 0.494 e. The summed E-state index contributed by atoms with van der Waals surface area (Å²) in [5.74, 6) is 0.728. The van der Waals surface area contributed by atoms with Crippen LogP contribution in [0.1, 0.15) is 24.5 Å². The van der Waals surface area contributed by atoms with E-state index in [-0.39, 0.29) is 5.97 Å². The summed E-state index contributed by atoms with van der Waals surface area (Å²) in [6.07, 6.45) is 0.878. The maximum atomic E-state index is 11.3. The van der Waals surface area contributed by atoms with Crippen LogP contribution in [0.2, 0.25) is 0 Å². The molecule has 0 spiro atoms. The van der Waals surface area contributed by atoms with Crippen molar-refractivity contribution in [3.05, 3.63) is 29.3 Å². The predicted molar refractivity (Wildman–Crippen MR) is 80.2 cm³/mol. The molecule has 20 heavy (non-hydrogen) atoms.